The second kappa shape index (κ2) is 11.1. The molecule has 0 bridgehead atoms. The van der Waals surface area contributed by atoms with Gasteiger partial charge in [-0.3, -0.25) is 4.79 Å². The SMILES string of the molecule is CC(c1cc(F)cc(Oc2c(Cl)cc(NC(=O)CC3CCN(S(C)(=O)=O)CC3)cc2Cl)c1)C(F)(F)F. The number of nitrogens with zero attached hydrogens (tertiary/aromatic N) is 1. The summed E-state index contributed by atoms with van der Waals surface area (Å²) in [6.45, 7) is 1.61. The van der Waals surface area contributed by atoms with E-state index in [1.54, 1.807) is 0 Å². The molecule has 1 aliphatic heterocycles. The highest BCUT2D eigenvalue weighted by atomic mass is 35.5. The second-order valence-corrected chi connectivity index (χ2v) is 11.5. The number of halogens is 6. The Bertz CT molecular complexity index is 1210. The van der Waals surface area contributed by atoms with E-state index in [-0.39, 0.29) is 51.0 Å². The summed E-state index contributed by atoms with van der Waals surface area (Å²) >= 11 is 12.5. The van der Waals surface area contributed by atoms with Crippen molar-refractivity contribution in [2.24, 2.45) is 5.92 Å². The molecule has 1 fully saturated rings. The van der Waals surface area contributed by atoms with E-state index in [0.717, 1.165) is 31.4 Å². The molecular weight excluding hydrogens is 547 g/mol. The molecule has 0 aromatic heterocycles. The third kappa shape index (κ3) is 7.47. The van der Waals surface area contributed by atoms with E-state index in [1.165, 1.54) is 16.4 Å². The molecule has 1 unspecified atom stereocenters. The van der Waals surface area contributed by atoms with Crippen LogP contribution in [0.3, 0.4) is 0 Å². The third-order valence-electron chi connectivity index (χ3n) is 5.90. The van der Waals surface area contributed by atoms with E-state index >= 15 is 0 Å². The van der Waals surface area contributed by atoms with Crippen LogP contribution in [0.25, 0.3) is 0 Å². The van der Waals surface area contributed by atoms with Gasteiger partial charge in [-0.1, -0.05) is 23.2 Å². The highest BCUT2D eigenvalue weighted by Crippen LogP contribution is 2.41. The average molecular weight is 571 g/mol. The number of benzene rings is 2. The van der Waals surface area contributed by atoms with Crippen molar-refractivity contribution in [3.05, 3.63) is 51.8 Å². The Morgan fingerprint density at radius 1 is 1.14 bits per heavy atom. The van der Waals surface area contributed by atoms with Crippen LogP contribution in [0, 0.1) is 11.7 Å². The van der Waals surface area contributed by atoms with Crippen molar-refractivity contribution in [2.45, 2.75) is 38.3 Å². The van der Waals surface area contributed by atoms with E-state index in [4.69, 9.17) is 27.9 Å². The van der Waals surface area contributed by atoms with E-state index in [9.17, 15) is 30.8 Å². The summed E-state index contributed by atoms with van der Waals surface area (Å²) < 4.78 is 83.2. The molecule has 0 aliphatic carbocycles. The van der Waals surface area contributed by atoms with Crippen LogP contribution in [0.4, 0.5) is 23.2 Å². The molecule has 0 spiro atoms. The second-order valence-electron chi connectivity index (χ2n) is 8.71. The number of amides is 1. The molecule has 2 aromatic carbocycles. The quantitative estimate of drug-likeness (QED) is 0.381. The predicted molar refractivity (Wildman–Crippen MR) is 130 cm³/mol. The van der Waals surface area contributed by atoms with Crippen molar-refractivity contribution in [1.29, 1.82) is 0 Å². The number of alkyl halides is 3. The van der Waals surface area contributed by atoms with Crippen molar-refractivity contribution in [1.82, 2.24) is 4.31 Å². The van der Waals surface area contributed by atoms with Gasteiger partial charge >= 0.3 is 6.18 Å². The standard InChI is InChI=1S/C23H24Cl2F4N2O4S/c1-13(23(27,28)29)15-8-16(26)10-18(9-15)35-22-19(24)11-17(12-20(22)25)30-21(32)7-14-3-5-31(6-4-14)36(2,33)34/h8-14H,3-7H2,1-2H3,(H,30,32). The molecule has 36 heavy (non-hydrogen) atoms. The Labute approximate surface area is 216 Å². The molecule has 1 heterocycles. The van der Waals surface area contributed by atoms with Crippen LogP contribution in [0.5, 0.6) is 11.5 Å². The summed E-state index contributed by atoms with van der Waals surface area (Å²) in [7, 11) is -3.26. The zero-order valence-corrected chi connectivity index (χ0v) is 21.7. The minimum Gasteiger partial charge on any atom is -0.454 e. The van der Waals surface area contributed by atoms with Crippen LogP contribution in [0.1, 0.15) is 37.7 Å². The van der Waals surface area contributed by atoms with Crippen LogP contribution >= 0.6 is 23.2 Å². The molecule has 198 valence electrons. The summed E-state index contributed by atoms with van der Waals surface area (Å²) in [5, 5.41) is 2.58. The first-order valence-electron chi connectivity index (χ1n) is 10.9. The lowest BCUT2D eigenvalue weighted by molar-refractivity contribution is -0.146. The number of ether oxygens (including phenoxy) is 1. The predicted octanol–water partition coefficient (Wildman–Crippen LogP) is 6.59. The molecular formula is C23H24Cl2F4N2O4S. The minimum absolute atomic E-state index is 0.0119. The Hall–Kier alpha value is -2.08. The van der Waals surface area contributed by atoms with E-state index in [2.05, 4.69) is 5.32 Å². The molecule has 13 heteroatoms. The van der Waals surface area contributed by atoms with Crippen molar-refractivity contribution >= 4 is 44.8 Å². The highest BCUT2D eigenvalue weighted by Gasteiger charge is 2.37. The monoisotopic (exact) mass is 570 g/mol. The lowest BCUT2D eigenvalue weighted by Crippen LogP contribution is -2.38. The van der Waals surface area contributed by atoms with Gasteiger partial charge in [0.1, 0.15) is 11.6 Å². The highest BCUT2D eigenvalue weighted by molar-refractivity contribution is 7.88. The van der Waals surface area contributed by atoms with Crippen LogP contribution < -0.4 is 10.1 Å². The van der Waals surface area contributed by atoms with E-state index in [1.807, 2.05) is 0 Å². The van der Waals surface area contributed by atoms with Crippen molar-refractivity contribution in [3.63, 3.8) is 0 Å². The van der Waals surface area contributed by atoms with Crippen LogP contribution in [-0.4, -0.2) is 44.2 Å². The summed E-state index contributed by atoms with van der Waals surface area (Å²) in [4.78, 5) is 12.5. The number of anilines is 1. The number of carbonyl (C=O) groups is 1. The molecule has 1 saturated heterocycles. The molecule has 1 atom stereocenters. The van der Waals surface area contributed by atoms with Gasteiger partial charge in [0, 0.05) is 31.3 Å². The van der Waals surface area contributed by atoms with Crippen molar-refractivity contribution in [2.75, 3.05) is 24.7 Å². The van der Waals surface area contributed by atoms with E-state index < -0.39 is 27.9 Å². The Morgan fingerprint density at radius 3 is 2.25 bits per heavy atom. The van der Waals surface area contributed by atoms with Crippen LogP contribution in [0.2, 0.25) is 10.0 Å². The van der Waals surface area contributed by atoms with Gasteiger partial charge in [-0.05, 0) is 55.5 Å². The van der Waals surface area contributed by atoms with Gasteiger partial charge in [0.15, 0.2) is 5.75 Å². The maximum absolute atomic E-state index is 14.0. The minimum atomic E-state index is -4.56. The number of piperidine rings is 1. The molecule has 6 nitrogen and oxygen atoms in total. The number of carbonyl (C=O) groups excluding carboxylic acids is 1. The van der Waals surface area contributed by atoms with Gasteiger partial charge < -0.3 is 10.1 Å². The van der Waals surface area contributed by atoms with Gasteiger partial charge in [-0.15, -0.1) is 0 Å². The fourth-order valence-corrected chi connectivity index (χ4v) is 5.29. The average Bonchev–Trinajstić information content (AvgIpc) is 2.74. The Balaban J connectivity index is 1.67. The lowest BCUT2D eigenvalue weighted by atomic mass is 9.94. The smallest absolute Gasteiger partial charge is 0.395 e. The molecule has 1 amide bonds. The Morgan fingerprint density at radius 2 is 1.72 bits per heavy atom. The number of sulfonamides is 1. The van der Waals surface area contributed by atoms with E-state index in [0.29, 0.717) is 25.9 Å². The number of hydrogen-bond donors (Lipinski definition) is 1. The summed E-state index contributed by atoms with van der Waals surface area (Å²) in [5.74, 6) is -3.47. The Kier molecular flexibility index (Phi) is 8.80. The third-order valence-corrected chi connectivity index (χ3v) is 7.77. The number of nitrogens with one attached hydrogen (secondary N) is 1. The molecule has 1 N–H and O–H groups in total. The maximum Gasteiger partial charge on any atom is 0.395 e. The molecule has 0 saturated carbocycles. The van der Waals surface area contributed by atoms with Crippen molar-refractivity contribution in [3.8, 4) is 11.5 Å². The fraction of sp³-hybridized carbons (Fsp3) is 0.435. The van der Waals surface area contributed by atoms with Gasteiger partial charge in [0.25, 0.3) is 0 Å². The van der Waals surface area contributed by atoms with Crippen LogP contribution in [0.15, 0.2) is 30.3 Å². The molecule has 1 aliphatic rings. The maximum atomic E-state index is 14.0. The molecule has 3 rings (SSSR count). The molecule has 0 radical (unpaired) electrons. The van der Waals surface area contributed by atoms with Crippen LogP contribution in [-0.2, 0) is 14.8 Å². The largest absolute Gasteiger partial charge is 0.454 e. The first-order chi connectivity index (χ1) is 16.6. The number of hydrogen-bond acceptors (Lipinski definition) is 4. The van der Waals surface area contributed by atoms with Gasteiger partial charge in [0.05, 0.1) is 22.2 Å². The zero-order valence-electron chi connectivity index (χ0n) is 19.3. The van der Waals surface area contributed by atoms with Crippen molar-refractivity contribution < 1.29 is 35.5 Å². The fourth-order valence-electron chi connectivity index (χ4n) is 3.85. The molecule has 2 aromatic rings. The van der Waals surface area contributed by atoms with Gasteiger partial charge in [-0.25, -0.2) is 17.1 Å². The number of rotatable bonds is 7. The normalized spacial score (nSPS) is 16.6. The first-order valence-corrected chi connectivity index (χ1v) is 13.5. The zero-order chi connectivity index (χ0) is 26.8. The van der Waals surface area contributed by atoms with Gasteiger partial charge in [0.2, 0.25) is 15.9 Å². The van der Waals surface area contributed by atoms with Gasteiger partial charge in [-0.2, -0.15) is 13.2 Å². The summed E-state index contributed by atoms with van der Waals surface area (Å²) in [6, 6.07) is 5.44. The summed E-state index contributed by atoms with van der Waals surface area (Å²) in [6.07, 6.45) is -2.13. The summed E-state index contributed by atoms with van der Waals surface area (Å²) in [5.41, 5.74) is -0.0578. The first kappa shape index (κ1) is 28.5. The lowest BCUT2D eigenvalue weighted by Gasteiger charge is -2.29. The topological polar surface area (TPSA) is 75.7 Å².